The van der Waals surface area contributed by atoms with Gasteiger partial charge in [0, 0.05) is 12.2 Å². The zero-order valence-corrected chi connectivity index (χ0v) is 11.9. The van der Waals surface area contributed by atoms with Crippen LogP contribution < -0.4 is 15.8 Å². The summed E-state index contributed by atoms with van der Waals surface area (Å²) in [6, 6.07) is 5.09. The molecule has 0 aliphatic heterocycles. The van der Waals surface area contributed by atoms with Gasteiger partial charge >= 0.3 is 0 Å². The average molecular weight is 287 g/mol. The van der Waals surface area contributed by atoms with Gasteiger partial charge in [-0.1, -0.05) is 11.6 Å². The summed E-state index contributed by atoms with van der Waals surface area (Å²) in [5, 5.41) is 3.13. The van der Waals surface area contributed by atoms with E-state index < -0.39 is 0 Å². The van der Waals surface area contributed by atoms with Gasteiger partial charge in [-0.25, -0.2) is 0 Å². The van der Waals surface area contributed by atoms with Crippen molar-refractivity contribution in [2.24, 2.45) is 5.73 Å². The third kappa shape index (κ3) is 5.92. The van der Waals surface area contributed by atoms with Crippen molar-refractivity contribution >= 4 is 23.2 Å². The highest BCUT2D eigenvalue weighted by Crippen LogP contribution is 2.28. The molecule has 0 saturated heterocycles. The number of rotatable bonds is 7. The number of benzene rings is 1. The van der Waals surface area contributed by atoms with E-state index in [-0.39, 0.29) is 18.6 Å². The molecule has 0 aromatic heterocycles. The van der Waals surface area contributed by atoms with Crippen molar-refractivity contribution in [3.8, 4) is 5.75 Å². The lowest BCUT2D eigenvalue weighted by molar-refractivity contribution is -0.120. The van der Waals surface area contributed by atoms with Crippen LogP contribution in [-0.2, 0) is 9.53 Å². The van der Waals surface area contributed by atoms with Crippen LogP contribution in [0.4, 0.5) is 5.69 Å². The quantitative estimate of drug-likeness (QED) is 0.752. The fourth-order valence-electron chi connectivity index (χ4n) is 1.37. The van der Waals surface area contributed by atoms with Gasteiger partial charge in [0.25, 0.3) is 0 Å². The number of nitrogens with one attached hydrogen (secondary N) is 1. The van der Waals surface area contributed by atoms with E-state index in [0.29, 0.717) is 29.6 Å². The van der Waals surface area contributed by atoms with Crippen molar-refractivity contribution in [2.75, 3.05) is 25.1 Å². The lowest BCUT2D eigenvalue weighted by Crippen LogP contribution is -2.20. The second kappa shape index (κ2) is 7.99. The Balaban J connectivity index is 2.55. The van der Waals surface area contributed by atoms with E-state index in [1.54, 1.807) is 18.2 Å². The van der Waals surface area contributed by atoms with E-state index in [9.17, 15) is 4.79 Å². The third-order valence-corrected chi connectivity index (χ3v) is 2.37. The second-order valence-electron chi connectivity index (χ2n) is 4.20. The summed E-state index contributed by atoms with van der Waals surface area (Å²) in [6.07, 6.45) is 0.0441. The summed E-state index contributed by atoms with van der Waals surface area (Å²) in [6.45, 7) is 4.55. The highest BCUT2D eigenvalue weighted by Gasteiger charge is 2.07. The van der Waals surface area contributed by atoms with Crippen molar-refractivity contribution in [3.05, 3.63) is 23.2 Å². The number of carbonyl (C=O) groups is 1. The fraction of sp³-hybridized carbons (Fsp3) is 0.462. The van der Waals surface area contributed by atoms with Gasteiger partial charge in [0.15, 0.2) is 0 Å². The molecule has 1 aromatic rings. The monoisotopic (exact) mass is 286 g/mol. The number of hydrogen-bond donors (Lipinski definition) is 2. The number of ether oxygens (including phenoxy) is 2. The molecule has 1 rings (SSSR count). The summed E-state index contributed by atoms with van der Waals surface area (Å²) >= 11 is 6.06. The van der Waals surface area contributed by atoms with Crippen LogP contribution in [0.2, 0.25) is 5.02 Å². The molecule has 6 heteroatoms. The van der Waals surface area contributed by atoms with Crippen molar-refractivity contribution in [1.29, 1.82) is 0 Å². The Hall–Kier alpha value is -1.30. The Labute approximate surface area is 118 Å². The van der Waals surface area contributed by atoms with Crippen LogP contribution in [0, 0.1) is 0 Å². The lowest BCUT2D eigenvalue weighted by atomic mass is 10.3. The average Bonchev–Trinajstić information content (AvgIpc) is 2.32. The number of anilines is 1. The maximum absolute atomic E-state index is 11.5. The summed E-state index contributed by atoms with van der Waals surface area (Å²) in [5.41, 5.74) is 5.85. The van der Waals surface area contributed by atoms with E-state index in [1.165, 1.54) is 0 Å². The summed E-state index contributed by atoms with van der Waals surface area (Å²) < 4.78 is 10.5. The van der Waals surface area contributed by atoms with E-state index in [1.807, 2.05) is 13.8 Å². The summed E-state index contributed by atoms with van der Waals surface area (Å²) in [5.74, 6) is 0.344. The molecule has 0 spiro atoms. The molecule has 19 heavy (non-hydrogen) atoms. The van der Waals surface area contributed by atoms with Crippen LogP contribution >= 0.6 is 11.6 Å². The number of nitrogens with two attached hydrogens (primary N) is 1. The minimum Gasteiger partial charge on any atom is -0.489 e. The maximum Gasteiger partial charge on any atom is 0.250 e. The topological polar surface area (TPSA) is 73.6 Å². The van der Waals surface area contributed by atoms with Crippen molar-refractivity contribution in [1.82, 2.24) is 0 Å². The summed E-state index contributed by atoms with van der Waals surface area (Å²) in [7, 11) is 0. The molecule has 106 valence electrons. The Morgan fingerprint density at radius 3 is 2.79 bits per heavy atom. The SMILES string of the molecule is CC(C)Oc1ccc(NC(=O)COCCN)cc1Cl. The molecule has 0 fully saturated rings. The molecule has 5 nitrogen and oxygen atoms in total. The van der Waals surface area contributed by atoms with Crippen LogP contribution in [0.5, 0.6) is 5.75 Å². The Bertz CT molecular complexity index is 424. The first-order valence-electron chi connectivity index (χ1n) is 6.06. The van der Waals surface area contributed by atoms with Crippen LogP contribution in [0.25, 0.3) is 0 Å². The molecule has 3 N–H and O–H groups in total. The number of amides is 1. The molecule has 0 unspecified atom stereocenters. The van der Waals surface area contributed by atoms with Gasteiger partial charge < -0.3 is 20.5 Å². The minimum atomic E-state index is -0.248. The zero-order valence-electron chi connectivity index (χ0n) is 11.1. The molecule has 0 atom stereocenters. The zero-order chi connectivity index (χ0) is 14.3. The molecule has 0 heterocycles. The molecule has 1 aromatic carbocycles. The maximum atomic E-state index is 11.5. The molecule has 1 amide bonds. The van der Waals surface area contributed by atoms with E-state index >= 15 is 0 Å². The Morgan fingerprint density at radius 2 is 2.21 bits per heavy atom. The van der Waals surface area contributed by atoms with Crippen molar-refractivity contribution in [2.45, 2.75) is 20.0 Å². The normalized spacial score (nSPS) is 10.6. The third-order valence-electron chi connectivity index (χ3n) is 2.07. The first kappa shape index (κ1) is 15.8. The summed E-state index contributed by atoms with van der Waals surface area (Å²) in [4.78, 5) is 11.5. The molecular formula is C13H19ClN2O3. The van der Waals surface area contributed by atoms with E-state index in [4.69, 9.17) is 26.8 Å². The number of halogens is 1. The Morgan fingerprint density at radius 1 is 1.47 bits per heavy atom. The van der Waals surface area contributed by atoms with Gasteiger partial charge in [0.2, 0.25) is 5.91 Å². The second-order valence-corrected chi connectivity index (χ2v) is 4.61. The molecule has 0 bridgehead atoms. The highest BCUT2D eigenvalue weighted by atomic mass is 35.5. The van der Waals surface area contributed by atoms with E-state index in [0.717, 1.165) is 0 Å². The van der Waals surface area contributed by atoms with E-state index in [2.05, 4.69) is 5.32 Å². The molecule has 0 aliphatic rings. The predicted octanol–water partition coefficient (Wildman–Crippen LogP) is 2.04. The molecular weight excluding hydrogens is 268 g/mol. The first-order chi connectivity index (χ1) is 9.02. The van der Waals surface area contributed by atoms with Crippen molar-refractivity contribution < 1.29 is 14.3 Å². The highest BCUT2D eigenvalue weighted by molar-refractivity contribution is 6.32. The predicted molar refractivity (Wildman–Crippen MR) is 75.7 cm³/mol. The minimum absolute atomic E-state index is 0.0287. The first-order valence-corrected chi connectivity index (χ1v) is 6.44. The molecule has 0 saturated carbocycles. The number of hydrogen-bond acceptors (Lipinski definition) is 4. The van der Waals surface area contributed by atoms with Crippen LogP contribution in [-0.4, -0.2) is 31.8 Å². The fourth-order valence-corrected chi connectivity index (χ4v) is 1.60. The standard InChI is InChI=1S/C13H19ClN2O3/c1-9(2)19-12-4-3-10(7-11(12)14)16-13(17)8-18-6-5-15/h3-4,7,9H,5-6,8,15H2,1-2H3,(H,16,17). The lowest BCUT2D eigenvalue weighted by Gasteiger charge is -2.12. The molecule has 0 radical (unpaired) electrons. The van der Waals surface area contributed by atoms with Gasteiger partial charge in [-0.2, -0.15) is 0 Å². The molecule has 0 aliphatic carbocycles. The van der Waals surface area contributed by atoms with Gasteiger partial charge in [0.05, 0.1) is 17.7 Å². The number of carbonyl (C=O) groups excluding carboxylic acids is 1. The smallest absolute Gasteiger partial charge is 0.250 e. The van der Waals surface area contributed by atoms with Gasteiger partial charge in [-0.15, -0.1) is 0 Å². The van der Waals surface area contributed by atoms with Gasteiger partial charge in [-0.05, 0) is 32.0 Å². The van der Waals surface area contributed by atoms with Crippen molar-refractivity contribution in [3.63, 3.8) is 0 Å². The Kier molecular flexibility index (Phi) is 6.62. The van der Waals surface area contributed by atoms with Gasteiger partial charge in [0.1, 0.15) is 12.4 Å². The van der Waals surface area contributed by atoms with Crippen LogP contribution in [0.1, 0.15) is 13.8 Å². The van der Waals surface area contributed by atoms with Crippen LogP contribution in [0.3, 0.4) is 0 Å². The largest absolute Gasteiger partial charge is 0.489 e. The van der Waals surface area contributed by atoms with Crippen LogP contribution in [0.15, 0.2) is 18.2 Å². The van der Waals surface area contributed by atoms with Gasteiger partial charge in [-0.3, -0.25) is 4.79 Å².